The van der Waals surface area contributed by atoms with Gasteiger partial charge in [0.2, 0.25) is 5.82 Å². The fourth-order valence-electron chi connectivity index (χ4n) is 1.64. The lowest BCUT2D eigenvalue weighted by Crippen LogP contribution is -2.54. The molecule has 9 heteroatoms. The van der Waals surface area contributed by atoms with Crippen molar-refractivity contribution in [2.45, 2.75) is 18.9 Å². The second-order valence-electron chi connectivity index (χ2n) is 4.42. The van der Waals surface area contributed by atoms with Gasteiger partial charge in [-0.15, -0.1) is 0 Å². The molecule has 1 rings (SSSR count). The predicted octanol–water partition coefficient (Wildman–Crippen LogP) is 0.736. The Morgan fingerprint density at radius 3 is 2.38 bits per heavy atom. The van der Waals surface area contributed by atoms with Crippen LogP contribution in [0.1, 0.15) is 23.7 Å². The van der Waals surface area contributed by atoms with Crippen LogP contribution in [0.3, 0.4) is 0 Å². The molecule has 7 nitrogen and oxygen atoms in total. The van der Waals surface area contributed by atoms with Crippen molar-refractivity contribution >= 4 is 11.6 Å². The summed E-state index contributed by atoms with van der Waals surface area (Å²) in [4.78, 5) is 21.4. The van der Waals surface area contributed by atoms with Crippen LogP contribution < -0.4 is 5.32 Å². The summed E-state index contributed by atoms with van der Waals surface area (Å²) in [5.74, 6) is -4.19. The maximum absolute atomic E-state index is 13.9. The Balaban J connectivity index is 3.25. The highest BCUT2D eigenvalue weighted by Crippen LogP contribution is 2.23. The van der Waals surface area contributed by atoms with Gasteiger partial charge in [0, 0.05) is 6.07 Å². The summed E-state index contributed by atoms with van der Waals surface area (Å²) >= 11 is 0. The molecule has 1 amide bonds. The number of nitrogens with zero attached hydrogens (tertiary/aromatic N) is 1. The van der Waals surface area contributed by atoms with Crippen molar-refractivity contribution in [2.75, 3.05) is 13.2 Å². The minimum atomic E-state index is -1.61. The standard InChI is InChI=1S/C12H14F2N2O5/c1-2-12(5-17,6-18)15-11(19)9-7(13)3-4-8(10(9)14)16(20)21/h3-4,17-18H,2,5-6H2,1H3,(H,15,19). The molecule has 1 aromatic carbocycles. The van der Waals surface area contributed by atoms with E-state index in [1.54, 1.807) is 0 Å². The van der Waals surface area contributed by atoms with Crippen LogP contribution in [0.5, 0.6) is 0 Å². The van der Waals surface area contributed by atoms with Gasteiger partial charge in [0.05, 0.1) is 23.7 Å². The quantitative estimate of drug-likeness (QED) is 0.530. The van der Waals surface area contributed by atoms with E-state index >= 15 is 0 Å². The second-order valence-corrected chi connectivity index (χ2v) is 4.42. The highest BCUT2D eigenvalue weighted by atomic mass is 19.1. The minimum absolute atomic E-state index is 0.0872. The highest BCUT2D eigenvalue weighted by Gasteiger charge is 2.33. The number of hydrogen-bond acceptors (Lipinski definition) is 5. The van der Waals surface area contributed by atoms with Gasteiger partial charge in [-0.25, -0.2) is 4.39 Å². The van der Waals surface area contributed by atoms with Gasteiger partial charge < -0.3 is 15.5 Å². The zero-order chi connectivity index (χ0) is 16.2. The van der Waals surface area contributed by atoms with E-state index in [2.05, 4.69) is 5.32 Å². The molecule has 0 aromatic heterocycles. The van der Waals surface area contributed by atoms with Gasteiger partial charge in [-0.2, -0.15) is 4.39 Å². The number of nitro groups is 1. The van der Waals surface area contributed by atoms with Gasteiger partial charge >= 0.3 is 5.69 Å². The molecule has 0 unspecified atom stereocenters. The summed E-state index contributed by atoms with van der Waals surface area (Å²) in [7, 11) is 0. The molecule has 3 N–H and O–H groups in total. The predicted molar refractivity (Wildman–Crippen MR) is 67.7 cm³/mol. The first kappa shape index (κ1) is 16.9. The number of carbonyl (C=O) groups excluding carboxylic acids is 1. The van der Waals surface area contributed by atoms with Crippen LogP contribution in [0.15, 0.2) is 12.1 Å². The van der Waals surface area contributed by atoms with E-state index in [9.17, 15) is 33.9 Å². The summed E-state index contributed by atoms with van der Waals surface area (Å²) in [6.45, 7) is 0.209. The van der Waals surface area contributed by atoms with Crippen molar-refractivity contribution in [3.63, 3.8) is 0 Å². The van der Waals surface area contributed by atoms with E-state index in [0.717, 1.165) is 0 Å². The number of amides is 1. The third-order valence-corrected chi connectivity index (χ3v) is 3.16. The fraction of sp³-hybridized carbons (Fsp3) is 0.417. The Labute approximate surface area is 118 Å². The molecule has 116 valence electrons. The van der Waals surface area contributed by atoms with Crippen LogP contribution in [0.2, 0.25) is 0 Å². The van der Waals surface area contributed by atoms with Crippen molar-refractivity contribution < 1.29 is 28.7 Å². The summed E-state index contributed by atoms with van der Waals surface area (Å²) in [5.41, 5.74) is -3.65. The van der Waals surface area contributed by atoms with Crippen molar-refractivity contribution in [3.8, 4) is 0 Å². The van der Waals surface area contributed by atoms with Crippen LogP contribution in [-0.2, 0) is 0 Å². The lowest BCUT2D eigenvalue weighted by molar-refractivity contribution is -0.387. The zero-order valence-electron chi connectivity index (χ0n) is 11.1. The van der Waals surface area contributed by atoms with Crippen molar-refractivity contribution in [1.29, 1.82) is 0 Å². The number of aliphatic hydroxyl groups excluding tert-OH is 2. The molecule has 0 atom stereocenters. The molecule has 0 bridgehead atoms. The van der Waals surface area contributed by atoms with E-state index in [-0.39, 0.29) is 6.42 Å². The lowest BCUT2D eigenvalue weighted by atomic mass is 9.97. The highest BCUT2D eigenvalue weighted by molar-refractivity contribution is 5.96. The van der Waals surface area contributed by atoms with Crippen LogP contribution in [0.25, 0.3) is 0 Å². The molecule has 0 saturated carbocycles. The molecular weight excluding hydrogens is 290 g/mol. The Bertz CT molecular complexity index is 553. The van der Waals surface area contributed by atoms with Crippen LogP contribution >= 0.6 is 0 Å². The van der Waals surface area contributed by atoms with E-state index in [1.165, 1.54) is 6.92 Å². The van der Waals surface area contributed by atoms with Crippen LogP contribution in [-0.4, -0.2) is 39.8 Å². The maximum atomic E-state index is 13.9. The number of benzene rings is 1. The molecular formula is C12H14F2N2O5. The van der Waals surface area contributed by atoms with Crippen LogP contribution in [0, 0.1) is 21.7 Å². The topological polar surface area (TPSA) is 113 Å². The van der Waals surface area contributed by atoms with Gasteiger partial charge in [-0.1, -0.05) is 6.92 Å². The van der Waals surface area contributed by atoms with E-state index in [1.807, 2.05) is 0 Å². The van der Waals surface area contributed by atoms with Crippen molar-refractivity contribution in [3.05, 3.63) is 39.4 Å². The summed E-state index contributed by atoms with van der Waals surface area (Å²) in [6.07, 6.45) is 0.0872. The zero-order valence-corrected chi connectivity index (χ0v) is 11.1. The number of carbonyl (C=O) groups is 1. The largest absolute Gasteiger partial charge is 0.394 e. The molecule has 0 spiro atoms. The minimum Gasteiger partial charge on any atom is -0.394 e. The normalized spacial score (nSPS) is 11.3. The molecule has 1 aromatic rings. The molecule has 0 saturated heterocycles. The molecule has 0 aliphatic carbocycles. The van der Waals surface area contributed by atoms with Crippen LogP contribution in [0.4, 0.5) is 14.5 Å². The van der Waals surface area contributed by atoms with E-state index < -0.39 is 52.5 Å². The van der Waals surface area contributed by atoms with Crippen molar-refractivity contribution in [1.82, 2.24) is 5.32 Å². The number of aliphatic hydroxyl groups is 2. The Kier molecular flexibility index (Phi) is 5.28. The lowest BCUT2D eigenvalue weighted by Gasteiger charge is -2.29. The third kappa shape index (κ3) is 3.31. The summed E-state index contributed by atoms with van der Waals surface area (Å²) < 4.78 is 27.4. The Morgan fingerprint density at radius 1 is 1.38 bits per heavy atom. The van der Waals surface area contributed by atoms with Gasteiger partial charge in [0.25, 0.3) is 5.91 Å². The Morgan fingerprint density at radius 2 is 1.95 bits per heavy atom. The number of hydrogen-bond donors (Lipinski definition) is 3. The molecule has 21 heavy (non-hydrogen) atoms. The number of rotatable bonds is 6. The van der Waals surface area contributed by atoms with Gasteiger partial charge in [-0.3, -0.25) is 14.9 Å². The number of nitro benzene ring substituents is 1. The van der Waals surface area contributed by atoms with Gasteiger partial charge in [0.15, 0.2) is 0 Å². The van der Waals surface area contributed by atoms with E-state index in [4.69, 9.17) is 0 Å². The molecule has 0 heterocycles. The molecule has 0 radical (unpaired) electrons. The molecule has 0 aliphatic rings. The van der Waals surface area contributed by atoms with E-state index in [0.29, 0.717) is 12.1 Å². The average Bonchev–Trinajstić information content (AvgIpc) is 2.44. The average molecular weight is 304 g/mol. The summed E-state index contributed by atoms with van der Waals surface area (Å²) in [6, 6.07) is 1.20. The number of halogens is 2. The SMILES string of the molecule is CCC(CO)(CO)NC(=O)c1c(F)ccc([N+](=O)[O-])c1F. The monoisotopic (exact) mass is 304 g/mol. The second kappa shape index (κ2) is 6.55. The maximum Gasteiger partial charge on any atom is 0.305 e. The Hall–Kier alpha value is -2.13. The fourth-order valence-corrected chi connectivity index (χ4v) is 1.64. The first-order valence-electron chi connectivity index (χ1n) is 5.98. The smallest absolute Gasteiger partial charge is 0.305 e. The molecule has 0 aliphatic heterocycles. The first-order chi connectivity index (χ1) is 9.81. The van der Waals surface area contributed by atoms with Gasteiger partial charge in [0.1, 0.15) is 11.4 Å². The summed E-state index contributed by atoms with van der Waals surface area (Å²) in [5, 5.41) is 31.1. The first-order valence-corrected chi connectivity index (χ1v) is 5.98. The molecule has 0 fully saturated rings. The van der Waals surface area contributed by atoms with Crippen molar-refractivity contribution in [2.24, 2.45) is 0 Å². The van der Waals surface area contributed by atoms with Gasteiger partial charge in [-0.05, 0) is 12.5 Å². The number of nitrogens with one attached hydrogen (secondary N) is 1. The third-order valence-electron chi connectivity index (χ3n) is 3.16.